The number of nitrogens with one attached hydrogen (secondary N) is 1. The minimum Gasteiger partial charge on any atom is -0.351 e. The van der Waals surface area contributed by atoms with Crippen molar-refractivity contribution in [2.45, 2.75) is 38.6 Å². The molecule has 1 aliphatic rings. The van der Waals surface area contributed by atoms with Crippen LogP contribution < -0.4 is 5.32 Å². The zero-order chi connectivity index (χ0) is 20.5. The standard InChI is InChI=1S/C24H29N3OS/c1-19-10-12-27(13-11-19)16-23-5-3-2-4-22(23)15-26-24(28)18-29-17-21-8-6-20(14-25)7-9-21/h2-9,19H,10-13,15-18H2,1H3,(H,26,28). The average Bonchev–Trinajstić information content (AvgIpc) is 2.75. The second kappa shape index (κ2) is 11.0. The van der Waals surface area contributed by atoms with Crippen molar-refractivity contribution >= 4 is 17.7 Å². The molecule has 1 fully saturated rings. The number of hydrogen-bond donors (Lipinski definition) is 1. The van der Waals surface area contributed by atoms with Gasteiger partial charge in [-0.15, -0.1) is 11.8 Å². The number of likely N-dealkylation sites (tertiary alicyclic amines) is 1. The largest absolute Gasteiger partial charge is 0.351 e. The van der Waals surface area contributed by atoms with Crippen molar-refractivity contribution in [3.8, 4) is 6.07 Å². The van der Waals surface area contributed by atoms with Crippen LogP contribution in [-0.2, 0) is 23.6 Å². The minimum absolute atomic E-state index is 0.0604. The Labute approximate surface area is 178 Å². The Hall–Kier alpha value is -2.29. The molecule has 2 aromatic carbocycles. The quantitative estimate of drug-likeness (QED) is 0.707. The van der Waals surface area contributed by atoms with Crippen LogP contribution in [0.2, 0.25) is 0 Å². The summed E-state index contributed by atoms with van der Waals surface area (Å²) in [7, 11) is 0. The lowest BCUT2D eigenvalue weighted by molar-refractivity contribution is -0.118. The van der Waals surface area contributed by atoms with Gasteiger partial charge in [0.1, 0.15) is 0 Å². The van der Waals surface area contributed by atoms with Crippen LogP contribution in [0.5, 0.6) is 0 Å². The van der Waals surface area contributed by atoms with E-state index in [4.69, 9.17) is 5.26 Å². The van der Waals surface area contributed by atoms with E-state index in [-0.39, 0.29) is 5.91 Å². The fourth-order valence-electron chi connectivity index (χ4n) is 3.53. The second-order valence-electron chi connectivity index (χ2n) is 7.81. The van der Waals surface area contributed by atoms with E-state index in [0.29, 0.717) is 17.9 Å². The summed E-state index contributed by atoms with van der Waals surface area (Å²) in [6.45, 7) is 6.20. The summed E-state index contributed by atoms with van der Waals surface area (Å²) in [4.78, 5) is 14.8. The van der Waals surface area contributed by atoms with Crippen LogP contribution in [0.1, 0.15) is 42.0 Å². The van der Waals surface area contributed by atoms with Crippen molar-refractivity contribution in [3.05, 3.63) is 70.8 Å². The number of rotatable bonds is 8. The van der Waals surface area contributed by atoms with E-state index in [9.17, 15) is 4.79 Å². The molecule has 0 aliphatic carbocycles. The molecule has 152 valence electrons. The number of amides is 1. The molecule has 1 heterocycles. The summed E-state index contributed by atoms with van der Waals surface area (Å²) in [5.41, 5.74) is 4.31. The first kappa shape index (κ1) is 21.4. The van der Waals surface area contributed by atoms with Gasteiger partial charge in [0.25, 0.3) is 0 Å². The number of hydrogen-bond acceptors (Lipinski definition) is 4. The van der Waals surface area contributed by atoms with Gasteiger partial charge >= 0.3 is 0 Å². The van der Waals surface area contributed by atoms with Crippen molar-refractivity contribution in [1.82, 2.24) is 10.2 Å². The molecule has 0 unspecified atom stereocenters. The first-order valence-corrected chi connectivity index (χ1v) is 11.4. The van der Waals surface area contributed by atoms with Crippen molar-refractivity contribution in [2.24, 2.45) is 5.92 Å². The third-order valence-corrected chi connectivity index (χ3v) is 6.45. The fraction of sp³-hybridized carbons (Fsp3) is 0.417. The summed E-state index contributed by atoms with van der Waals surface area (Å²) < 4.78 is 0. The van der Waals surface area contributed by atoms with Gasteiger partial charge in [-0.25, -0.2) is 0 Å². The van der Waals surface area contributed by atoms with Crippen molar-refractivity contribution < 1.29 is 4.79 Å². The van der Waals surface area contributed by atoms with Crippen LogP contribution in [0.25, 0.3) is 0 Å². The lowest BCUT2D eigenvalue weighted by atomic mass is 9.98. The first-order chi connectivity index (χ1) is 14.1. The van der Waals surface area contributed by atoms with E-state index in [1.807, 2.05) is 30.3 Å². The van der Waals surface area contributed by atoms with Gasteiger partial charge in [0, 0.05) is 18.8 Å². The van der Waals surface area contributed by atoms with Crippen LogP contribution in [0, 0.1) is 17.2 Å². The molecule has 0 bridgehead atoms. The number of thioether (sulfide) groups is 1. The molecule has 5 heteroatoms. The van der Waals surface area contributed by atoms with E-state index in [0.717, 1.165) is 36.9 Å². The Morgan fingerprint density at radius 3 is 2.52 bits per heavy atom. The van der Waals surface area contributed by atoms with Gasteiger partial charge in [0.15, 0.2) is 0 Å². The second-order valence-corrected chi connectivity index (χ2v) is 8.79. The molecule has 0 saturated carbocycles. The molecule has 0 aromatic heterocycles. The Morgan fingerprint density at radius 1 is 1.14 bits per heavy atom. The number of carbonyl (C=O) groups is 1. The molecule has 0 atom stereocenters. The summed E-state index contributed by atoms with van der Waals surface area (Å²) in [6, 6.07) is 18.1. The predicted octanol–water partition coefficient (Wildman–Crippen LogP) is 4.34. The zero-order valence-corrected chi connectivity index (χ0v) is 17.9. The minimum atomic E-state index is 0.0604. The van der Waals surface area contributed by atoms with E-state index in [1.165, 1.54) is 24.0 Å². The van der Waals surface area contributed by atoms with Gasteiger partial charge in [-0.1, -0.05) is 43.3 Å². The van der Waals surface area contributed by atoms with Gasteiger partial charge in [0.05, 0.1) is 17.4 Å². The van der Waals surface area contributed by atoms with Gasteiger partial charge in [0.2, 0.25) is 5.91 Å². The maximum atomic E-state index is 12.3. The number of benzene rings is 2. The van der Waals surface area contributed by atoms with Gasteiger partial charge in [-0.2, -0.15) is 5.26 Å². The smallest absolute Gasteiger partial charge is 0.230 e. The van der Waals surface area contributed by atoms with E-state index in [1.54, 1.807) is 11.8 Å². The highest BCUT2D eigenvalue weighted by Crippen LogP contribution is 2.20. The van der Waals surface area contributed by atoms with Crippen molar-refractivity contribution in [3.63, 3.8) is 0 Å². The maximum absolute atomic E-state index is 12.3. The summed E-state index contributed by atoms with van der Waals surface area (Å²) in [5, 5.41) is 11.9. The Balaban J connectivity index is 1.43. The van der Waals surface area contributed by atoms with Crippen LogP contribution in [-0.4, -0.2) is 29.6 Å². The van der Waals surface area contributed by atoms with Crippen LogP contribution in [0.4, 0.5) is 0 Å². The molecule has 4 nitrogen and oxygen atoms in total. The van der Waals surface area contributed by atoms with Crippen LogP contribution in [0.15, 0.2) is 48.5 Å². The molecule has 29 heavy (non-hydrogen) atoms. The summed E-state index contributed by atoms with van der Waals surface area (Å²) in [6.07, 6.45) is 2.55. The van der Waals surface area contributed by atoms with E-state index >= 15 is 0 Å². The molecule has 1 amide bonds. The molecular weight excluding hydrogens is 378 g/mol. The van der Waals surface area contributed by atoms with Crippen LogP contribution in [0.3, 0.4) is 0 Å². The van der Waals surface area contributed by atoms with Crippen molar-refractivity contribution in [2.75, 3.05) is 18.8 Å². The number of nitrogens with zero attached hydrogens (tertiary/aromatic N) is 2. The number of nitriles is 1. The Bertz CT molecular complexity index is 836. The highest BCUT2D eigenvalue weighted by atomic mass is 32.2. The molecule has 3 rings (SSSR count). The Kier molecular flexibility index (Phi) is 8.15. The molecular formula is C24H29N3OS. The van der Waals surface area contributed by atoms with Gasteiger partial charge in [-0.05, 0) is 60.7 Å². The van der Waals surface area contributed by atoms with Gasteiger partial charge in [-0.3, -0.25) is 9.69 Å². The molecule has 1 N–H and O–H groups in total. The number of piperidine rings is 1. The summed E-state index contributed by atoms with van der Waals surface area (Å²) in [5.74, 6) is 2.10. The highest BCUT2D eigenvalue weighted by molar-refractivity contribution is 7.99. The van der Waals surface area contributed by atoms with Crippen LogP contribution >= 0.6 is 11.8 Å². The van der Waals surface area contributed by atoms with Gasteiger partial charge < -0.3 is 5.32 Å². The number of carbonyl (C=O) groups excluding carboxylic acids is 1. The zero-order valence-electron chi connectivity index (χ0n) is 17.1. The third-order valence-electron chi connectivity index (χ3n) is 5.45. The Morgan fingerprint density at radius 2 is 1.83 bits per heavy atom. The maximum Gasteiger partial charge on any atom is 0.230 e. The SMILES string of the molecule is CC1CCN(Cc2ccccc2CNC(=O)CSCc2ccc(C#N)cc2)CC1. The van der Waals surface area contributed by atoms with Crippen molar-refractivity contribution in [1.29, 1.82) is 5.26 Å². The lowest BCUT2D eigenvalue weighted by Gasteiger charge is -2.30. The molecule has 1 saturated heterocycles. The molecule has 0 radical (unpaired) electrons. The summed E-state index contributed by atoms with van der Waals surface area (Å²) >= 11 is 1.59. The predicted molar refractivity (Wildman–Crippen MR) is 119 cm³/mol. The monoisotopic (exact) mass is 407 g/mol. The third kappa shape index (κ3) is 6.92. The fourth-order valence-corrected chi connectivity index (χ4v) is 4.34. The normalized spacial score (nSPS) is 15.0. The molecule has 1 aliphatic heterocycles. The van der Waals surface area contributed by atoms with E-state index < -0.39 is 0 Å². The highest BCUT2D eigenvalue weighted by Gasteiger charge is 2.16. The molecule has 0 spiro atoms. The topological polar surface area (TPSA) is 56.1 Å². The molecule has 2 aromatic rings. The average molecular weight is 408 g/mol. The lowest BCUT2D eigenvalue weighted by Crippen LogP contribution is -2.33. The first-order valence-electron chi connectivity index (χ1n) is 10.3. The van der Waals surface area contributed by atoms with E-state index in [2.05, 4.69) is 41.4 Å².